The zero-order valence-electron chi connectivity index (χ0n) is 16.7. The number of alkyl halides is 1. The molecule has 5 nitrogen and oxygen atoms in total. The number of allylic oxidation sites excluding steroid dienone is 3. The van der Waals surface area contributed by atoms with E-state index in [1.54, 1.807) is 12.1 Å². The van der Waals surface area contributed by atoms with Crippen molar-refractivity contribution < 1.29 is 9.50 Å². The first-order valence-corrected chi connectivity index (χ1v) is 9.71. The van der Waals surface area contributed by atoms with Crippen molar-refractivity contribution in [3.05, 3.63) is 35.5 Å². The van der Waals surface area contributed by atoms with E-state index in [1.807, 2.05) is 20.9 Å². The lowest BCUT2D eigenvalue weighted by atomic mass is 9.90. The third-order valence-corrected chi connectivity index (χ3v) is 4.84. The van der Waals surface area contributed by atoms with E-state index in [9.17, 15) is 9.50 Å². The first kappa shape index (κ1) is 21.6. The molecule has 2 atom stereocenters. The van der Waals surface area contributed by atoms with Crippen LogP contribution in [0.15, 0.2) is 29.8 Å². The van der Waals surface area contributed by atoms with E-state index in [0.29, 0.717) is 17.4 Å². The van der Waals surface area contributed by atoms with Crippen molar-refractivity contribution in [2.45, 2.75) is 63.9 Å². The van der Waals surface area contributed by atoms with E-state index in [2.05, 4.69) is 28.9 Å². The molecular weight excluding hydrogens is 367 g/mol. The average Bonchev–Trinajstić information content (AvgIpc) is 2.51. The lowest BCUT2D eigenvalue weighted by molar-refractivity contribution is 0.368. The van der Waals surface area contributed by atoms with Crippen LogP contribution in [0.3, 0.4) is 0 Å². The van der Waals surface area contributed by atoms with Crippen molar-refractivity contribution in [1.82, 2.24) is 10.2 Å². The molecule has 2 rings (SSSR count). The summed E-state index contributed by atoms with van der Waals surface area (Å²) in [6, 6.07) is 3.67. The van der Waals surface area contributed by atoms with E-state index >= 15 is 0 Å². The second-order valence-electron chi connectivity index (χ2n) is 8.42. The summed E-state index contributed by atoms with van der Waals surface area (Å²) in [5, 5.41) is 17.9. The maximum atomic E-state index is 14.3. The summed E-state index contributed by atoms with van der Waals surface area (Å²) in [4.78, 5) is 2.07. The number of aliphatic hydroxyl groups is 1. The summed E-state index contributed by atoms with van der Waals surface area (Å²) in [7, 11) is 1.97. The van der Waals surface area contributed by atoms with Gasteiger partial charge in [-0.15, -0.1) is 21.8 Å². The van der Waals surface area contributed by atoms with Crippen molar-refractivity contribution in [3.63, 3.8) is 0 Å². The monoisotopic (exact) mass is 396 g/mol. The molecule has 1 aliphatic carbocycles. The molecule has 150 valence electrons. The summed E-state index contributed by atoms with van der Waals surface area (Å²) >= 11 is 5.89. The van der Waals surface area contributed by atoms with Gasteiger partial charge in [0.15, 0.2) is 5.82 Å². The molecule has 0 radical (unpaired) electrons. The van der Waals surface area contributed by atoms with Gasteiger partial charge in [-0.05, 0) is 50.8 Å². The molecule has 1 heterocycles. The van der Waals surface area contributed by atoms with E-state index < -0.39 is 11.2 Å². The average molecular weight is 397 g/mol. The molecule has 7 heteroatoms. The molecule has 1 aromatic rings. The van der Waals surface area contributed by atoms with Crippen LogP contribution in [-0.4, -0.2) is 39.3 Å². The molecule has 2 unspecified atom stereocenters. The summed E-state index contributed by atoms with van der Waals surface area (Å²) in [6.45, 7) is 8.38. The SMILES string of the molecule is CC(C)CC(CC(C)(C)N)N(C)c1ccc(C2=C(F)CC(Cl)C=C2O)nn1. The van der Waals surface area contributed by atoms with E-state index in [-0.39, 0.29) is 29.3 Å². The molecule has 0 fully saturated rings. The number of aliphatic hydroxyl groups excluding tert-OH is 1. The first-order valence-electron chi connectivity index (χ1n) is 9.27. The highest BCUT2D eigenvalue weighted by Crippen LogP contribution is 2.34. The molecule has 0 aliphatic heterocycles. The number of aromatic nitrogens is 2. The minimum absolute atomic E-state index is 0.0341. The van der Waals surface area contributed by atoms with Gasteiger partial charge in [0.1, 0.15) is 11.6 Å². The van der Waals surface area contributed by atoms with Crippen LogP contribution in [0, 0.1) is 5.92 Å². The summed E-state index contributed by atoms with van der Waals surface area (Å²) < 4.78 is 14.3. The van der Waals surface area contributed by atoms with Gasteiger partial charge in [0.2, 0.25) is 0 Å². The zero-order chi connectivity index (χ0) is 20.4. The largest absolute Gasteiger partial charge is 0.507 e. The normalized spacial score (nSPS) is 19.3. The molecule has 3 N–H and O–H groups in total. The third-order valence-electron chi connectivity index (χ3n) is 4.56. The van der Waals surface area contributed by atoms with Crippen molar-refractivity contribution in [2.24, 2.45) is 11.7 Å². The molecule has 1 aromatic heterocycles. The quantitative estimate of drug-likeness (QED) is 0.659. The van der Waals surface area contributed by atoms with Crippen molar-refractivity contribution in [2.75, 3.05) is 11.9 Å². The zero-order valence-corrected chi connectivity index (χ0v) is 17.5. The fraction of sp³-hybridized carbons (Fsp3) is 0.600. The number of rotatable bonds is 7. The molecule has 0 spiro atoms. The highest BCUT2D eigenvalue weighted by molar-refractivity contribution is 6.22. The molecule has 0 amide bonds. The standard InChI is InChI=1S/C20H30ClFN4O/c1-12(2)8-14(11-20(3,4)23)26(5)18-7-6-16(24-25-18)19-15(22)9-13(21)10-17(19)27/h6-7,10,12-14,27H,8-9,11,23H2,1-5H3. The van der Waals surface area contributed by atoms with Crippen LogP contribution in [-0.2, 0) is 0 Å². The second-order valence-corrected chi connectivity index (χ2v) is 8.98. The van der Waals surface area contributed by atoms with Crippen LogP contribution in [0.25, 0.3) is 5.57 Å². The van der Waals surface area contributed by atoms with Gasteiger partial charge >= 0.3 is 0 Å². The maximum Gasteiger partial charge on any atom is 0.151 e. The van der Waals surface area contributed by atoms with E-state index in [0.717, 1.165) is 12.8 Å². The van der Waals surface area contributed by atoms with Crippen molar-refractivity contribution >= 4 is 23.0 Å². The molecule has 1 aliphatic rings. The third kappa shape index (κ3) is 5.91. The molecule has 0 saturated heterocycles. The van der Waals surface area contributed by atoms with E-state index in [4.69, 9.17) is 17.3 Å². The number of nitrogens with zero attached hydrogens (tertiary/aromatic N) is 3. The summed E-state index contributed by atoms with van der Waals surface area (Å²) in [5.41, 5.74) is 6.29. The van der Waals surface area contributed by atoms with Gasteiger partial charge in [0, 0.05) is 25.0 Å². The smallest absolute Gasteiger partial charge is 0.151 e. The van der Waals surface area contributed by atoms with Gasteiger partial charge in [-0.2, -0.15) is 0 Å². The highest BCUT2D eigenvalue weighted by Gasteiger charge is 2.26. The summed E-state index contributed by atoms with van der Waals surface area (Å²) in [5.74, 6) is 0.521. The van der Waals surface area contributed by atoms with Gasteiger partial charge in [0.25, 0.3) is 0 Å². The number of hydrogen-bond donors (Lipinski definition) is 2. The predicted octanol–water partition coefficient (Wildman–Crippen LogP) is 4.59. The molecule has 0 bridgehead atoms. The highest BCUT2D eigenvalue weighted by atomic mass is 35.5. The fourth-order valence-corrected chi connectivity index (χ4v) is 3.61. The first-order chi connectivity index (χ1) is 12.5. The Hall–Kier alpha value is -1.66. The van der Waals surface area contributed by atoms with Gasteiger partial charge in [-0.1, -0.05) is 13.8 Å². The topological polar surface area (TPSA) is 75.3 Å². The Kier molecular flexibility index (Phi) is 6.87. The van der Waals surface area contributed by atoms with Crippen LogP contribution in [0.2, 0.25) is 0 Å². The van der Waals surface area contributed by atoms with Gasteiger partial charge in [0.05, 0.1) is 16.6 Å². The minimum Gasteiger partial charge on any atom is -0.507 e. The Labute approximate surface area is 166 Å². The lowest BCUT2D eigenvalue weighted by Gasteiger charge is -2.34. The lowest BCUT2D eigenvalue weighted by Crippen LogP contribution is -2.43. The molecular formula is C20H30ClFN4O. The van der Waals surface area contributed by atoms with Gasteiger partial charge < -0.3 is 15.7 Å². The second kappa shape index (κ2) is 8.57. The molecule has 0 aromatic carbocycles. The van der Waals surface area contributed by atoms with Crippen LogP contribution < -0.4 is 10.6 Å². The van der Waals surface area contributed by atoms with E-state index in [1.165, 1.54) is 6.08 Å². The summed E-state index contributed by atoms with van der Waals surface area (Å²) in [6.07, 6.45) is 3.24. The Morgan fingerprint density at radius 3 is 2.52 bits per heavy atom. The minimum atomic E-state index is -0.552. The van der Waals surface area contributed by atoms with Crippen molar-refractivity contribution in [3.8, 4) is 0 Å². The number of anilines is 1. The van der Waals surface area contributed by atoms with Crippen LogP contribution >= 0.6 is 11.6 Å². The van der Waals surface area contributed by atoms with Crippen LogP contribution in [0.4, 0.5) is 10.2 Å². The fourth-order valence-electron chi connectivity index (χ4n) is 3.36. The number of nitrogens with two attached hydrogens (primary N) is 1. The van der Waals surface area contributed by atoms with Crippen molar-refractivity contribution in [1.29, 1.82) is 0 Å². The van der Waals surface area contributed by atoms with Gasteiger partial charge in [-0.3, -0.25) is 0 Å². The predicted molar refractivity (Wildman–Crippen MR) is 110 cm³/mol. The Bertz CT molecular complexity index is 710. The number of halogens is 2. The Balaban J connectivity index is 2.24. The molecule has 27 heavy (non-hydrogen) atoms. The maximum absolute atomic E-state index is 14.3. The van der Waals surface area contributed by atoms with Crippen LogP contribution in [0.5, 0.6) is 0 Å². The van der Waals surface area contributed by atoms with Crippen LogP contribution in [0.1, 0.15) is 52.7 Å². The Morgan fingerprint density at radius 2 is 2.04 bits per heavy atom. The number of hydrogen-bond acceptors (Lipinski definition) is 5. The van der Waals surface area contributed by atoms with Gasteiger partial charge in [-0.25, -0.2) is 4.39 Å². The molecule has 0 saturated carbocycles. The Morgan fingerprint density at radius 1 is 1.37 bits per heavy atom.